The summed E-state index contributed by atoms with van der Waals surface area (Å²) in [6.45, 7) is 5.36. The van der Waals surface area contributed by atoms with Gasteiger partial charge < -0.3 is 10.0 Å². The molecule has 0 aromatic heterocycles. The van der Waals surface area contributed by atoms with Gasteiger partial charge >= 0.3 is 0 Å². The average molecular weight is 219 g/mol. The average Bonchev–Trinajstić information content (AvgIpc) is 2.28. The number of hydrogen-bond acceptors (Lipinski definition) is 2. The topological polar surface area (TPSA) is 23.5 Å². The molecule has 0 saturated carbocycles. The van der Waals surface area contributed by atoms with E-state index >= 15 is 0 Å². The Morgan fingerprint density at radius 2 is 2.06 bits per heavy atom. The Balaban J connectivity index is 1.79. The van der Waals surface area contributed by atoms with Crippen molar-refractivity contribution in [1.82, 2.24) is 4.90 Å². The molecule has 0 spiro atoms. The van der Waals surface area contributed by atoms with E-state index in [1.165, 1.54) is 11.1 Å². The summed E-state index contributed by atoms with van der Waals surface area (Å²) >= 11 is 0. The maximum Gasteiger partial charge on any atom is 0.0564 e. The second-order valence-corrected chi connectivity index (χ2v) is 4.81. The first-order chi connectivity index (χ1) is 7.74. The van der Waals surface area contributed by atoms with Gasteiger partial charge in [0, 0.05) is 19.6 Å². The molecule has 1 heterocycles. The molecule has 0 atom stereocenters. The zero-order chi connectivity index (χ0) is 11.4. The summed E-state index contributed by atoms with van der Waals surface area (Å²) in [6.07, 6.45) is 2.94. The normalized spacial score (nSPS) is 18.9. The molecule has 2 nitrogen and oxygen atoms in total. The summed E-state index contributed by atoms with van der Waals surface area (Å²) in [4.78, 5) is 2.45. The number of aliphatic hydroxyl groups excluding tert-OH is 1. The minimum absolute atomic E-state index is 0.0600. The zero-order valence-corrected chi connectivity index (χ0v) is 10.0. The molecule has 0 amide bonds. The van der Waals surface area contributed by atoms with E-state index in [1.54, 1.807) is 0 Å². The summed E-state index contributed by atoms with van der Waals surface area (Å²) in [7, 11) is 0. The molecular formula is C14H21NO. The molecule has 1 aliphatic heterocycles. The highest BCUT2D eigenvalue weighted by Crippen LogP contribution is 2.11. The van der Waals surface area contributed by atoms with Crippen molar-refractivity contribution in [2.45, 2.75) is 32.3 Å². The molecule has 88 valence electrons. The Morgan fingerprint density at radius 1 is 1.31 bits per heavy atom. The molecule has 1 N–H and O–H groups in total. The number of piperidine rings is 1. The van der Waals surface area contributed by atoms with Gasteiger partial charge in [0.25, 0.3) is 0 Å². The molecule has 2 rings (SSSR count). The number of rotatable bonds is 3. The van der Waals surface area contributed by atoms with Crippen LogP contribution in [0, 0.1) is 6.92 Å². The largest absolute Gasteiger partial charge is 0.393 e. The Morgan fingerprint density at radius 3 is 2.75 bits per heavy atom. The van der Waals surface area contributed by atoms with Crippen LogP contribution in [0.3, 0.4) is 0 Å². The van der Waals surface area contributed by atoms with E-state index in [0.29, 0.717) is 0 Å². The van der Waals surface area contributed by atoms with E-state index in [4.69, 9.17) is 0 Å². The highest BCUT2D eigenvalue weighted by molar-refractivity contribution is 5.22. The number of likely N-dealkylation sites (tertiary alicyclic amines) is 1. The zero-order valence-electron chi connectivity index (χ0n) is 10.0. The van der Waals surface area contributed by atoms with E-state index < -0.39 is 0 Å². The Labute approximate surface area is 97.9 Å². The quantitative estimate of drug-likeness (QED) is 0.840. The van der Waals surface area contributed by atoms with Gasteiger partial charge in [-0.15, -0.1) is 0 Å². The van der Waals surface area contributed by atoms with Crippen molar-refractivity contribution in [3.63, 3.8) is 0 Å². The van der Waals surface area contributed by atoms with Crippen LogP contribution in [0.4, 0.5) is 0 Å². The molecule has 16 heavy (non-hydrogen) atoms. The number of aliphatic hydroxyl groups is 1. The summed E-state index contributed by atoms with van der Waals surface area (Å²) < 4.78 is 0. The molecule has 1 saturated heterocycles. The lowest BCUT2D eigenvalue weighted by molar-refractivity contribution is 0.0832. The summed E-state index contributed by atoms with van der Waals surface area (Å²) in [5.41, 5.74) is 2.76. The Kier molecular flexibility index (Phi) is 3.97. The third-order valence-corrected chi connectivity index (χ3v) is 3.36. The van der Waals surface area contributed by atoms with Gasteiger partial charge in [-0.3, -0.25) is 0 Å². The van der Waals surface area contributed by atoms with E-state index in [2.05, 4.69) is 36.1 Å². The van der Waals surface area contributed by atoms with Crippen LogP contribution in [-0.4, -0.2) is 35.7 Å². The van der Waals surface area contributed by atoms with Gasteiger partial charge in [-0.2, -0.15) is 0 Å². The van der Waals surface area contributed by atoms with Crippen LogP contribution in [0.15, 0.2) is 24.3 Å². The SMILES string of the molecule is Cc1cccc(CCN2CCC(O)CC2)c1. The van der Waals surface area contributed by atoms with Crippen molar-refractivity contribution in [1.29, 1.82) is 0 Å². The number of aryl methyl sites for hydroxylation is 1. The van der Waals surface area contributed by atoms with E-state index in [-0.39, 0.29) is 6.10 Å². The maximum atomic E-state index is 9.42. The fraction of sp³-hybridized carbons (Fsp3) is 0.571. The summed E-state index contributed by atoms with van der Waals surface area (Å²) in [5.74, 6) is 0. The van der Waals surface area contributed by atoms with Crippen LogP contribution < -0.4 is 0 Å². The van der Waals surface area contributed by atoms with Crippen LogP contribution >= 0.6 is 0 Å². The van der Waals surface area contributed by atoms with E-state index in [0.717, 1.165) is 38.9 Å². The van der Waals surface area contributed by atoms with Crippen molar-refractivity contribution in [2.75, 3.05) is 19.6 Å². The predicted molar refractivity (Wildman–Crippen MR) is 66.6 cm³/mol. The second-order valence-electron chi connectivity index (χ2n) is 4.81. The highest BCUT2D eigenvalue weighted by atomic mass is 16.3. The lowest BCUT2D eigenvalue weighted by Gasteiger charge is -2.29. The standard InChI is InChI=1S/C14H21NO/c1-12-3-2-4-13(11-12)5-8-15-9-6-14(16)7-10-15/h2-4,11,14,16H,5-10H2,1H3. The van der Waals surface area contributed by atoms with Gasteiger partial charge in [-0.1, -0.05) is 29.8 Å². The molecule has 0 bridgehead atoms. The van der Waals surface area contributed by atoms with Crippen LogP contribution in [0.25, 0.3) is 0 Å². The second kappa shape index (κ2) is 5.46. The van der Waals surface area contributed by atoms with Crippen LogP contribution in [0.5, 0.6) is 0 Å². The van der Waals surface area contributed by atoms with E-state index in [9.17, 15) is 5.11 Å². The maximum absolute atomic E-state index is 9.42. The minimum atomic E-state index is -0.0600. The van der Waals surface area contributed by atoms with Gasteiger partial charge in [0.1, 0.15) is 0 Å². The van der Waals surface area contributed by atoms with Crippen LogP contribution in [0.2, 0.25) is 0 Å². The first-order valence-electron chi connectivity index (χ1n) is 6.20. The first kappa shape index (κ1) is 11.6. The van der Waals surface area contributed by atoms with Crippen molar-refractivity contribution < 1.29 is 5.11 Å². The van der Waals surface area contributed by atoms with Crippen LogP contribution in [-0.2, 0) is 6.42 Å². The Hall–Kier alpha value is -0.860. The van der Waals surface area contributed by atoms with Crippen molar-refractivity contribution in [2.24, 2.45) is 0 Å². The molecular weight excluding hydrogens is 198 g/mol. The molecule has 1 aromatic carbocycles. The number of benzene rings is 1. The predicted octanol–water partition coefficient (Wildman–Crippen LogP) is 1.99. The summed E-state index contributed by atoms with van der Waals surface area (Å²) in [6, 6.07) is 8.73. The summed E-state index contributed by atoms with van der Waals surface area (Å²) in [5, 5.41) is 9.42. The third kappa shape index (κ3) is 3.32. The highest BCUT2D eigenvalue weighted by Gasteiger charge is 2.16. The molecule has 0 radical (unpaired) electrons. The molecule has 2 heteroatoms. The fourth-order valence-corrected chi connectivity index (χ4v) is 2.30. The van der Waals surface area contributed by atoms with Gasteiger partial charge in [0.2, 0.25) is 0 Å². The number of hydrogen-bond donors (Lipinski definition) is 1. The fourth-order valence-electron chi connectivity index (χ4n) is 2.30. The Bertz CT molecular complexity index is 329. The first-order valence-corrected chi connectivity index (χ1v) is 6.20. The van der Waals surface area contributed by atoms with E-state index in [1.807, 2.05) is 0 Å². The van der Waals surface area contributed by atoms with Gasteiger partial charge in [-0.25, -0.2) is 0 Å². The van der Waals surface area contributed by atoms with Crippen LogP contribution in [0.1, 0.15) is 24.0 Å². The van der Waals surface area contributed by atoms with Crippen molar-refractivity contribution in [3.05, 3.63) is 35.4 Å². The monoisotopic (exact) mass is 219 g/mol. The molecule has 1 aromatic rings. The van der Waals surface area contributed by atoms with Gasteiger partial charge in [0.15, 0.2) is 0 Å². The van der Waals surface area contributed by atoms with Gasteiger partial charge in [-0.05, 0) is 31.7 Å². The molecule has 0 unspecified atom stereocenters. The molecule has 0 aliphatic carbocycles. The van der Waals surface area contributed by atoms with Crippen molar-refractivity contribution in [3.8, 4) is 0 Å². The molecule has 1 aliphatic rings. The third-order valence-electron chi connectivity index (χ3n) is 3.36. The van der Waals surface area contributed by atoms with Gasteiger partial charge in [0.05, 0.1) is 6.10 Å². The van der Waals surface area contributed by atoms with Crippen molar-refractivity contribution >= 4 is 0 Å². The lowest BCUT2D eigenvalue weighted by atomic mass is 10.1. The number of nitrogens with zero attached hydrogens (tertiary/aromatic N) is 1. The molecule has 1 fully saturated rings. The minimum Gasteiger partial charge on any atom is -0.393 e. The smallest absolute Gasteiger partial charge is 0.0564 e. The lowest BCUT2D eigenvalue weighted by Crippen LogP contribution is -2.37.